The van der Waals surface area contributed by atoms with E-state index in [2.05, 4.69) is 20.7 Å². The molecule has 1 aromatic heterocycles. The highest BCUT2D eigenvalue weighted by molar-refractivity contribution is 6.01. The molecule has 0 radical (unpaired) electrons. The zero-order valence-electron chi connectivity index (χ0n) is 14.8. The molecule has 2 aromatic carbocycles. The van der Waals surface area contributed by atoms with Crippen LogP contribution in [-0.4, -0.2) is 26.7 Å². The molecular formula is C19H17N5O3. The predicted molar refractivity (Wildman–Crippen MR) is 102 cm³/mol. The Labute approximate surface area is 155 Å². The smallest absolute Gasteiger partial charge is 0.272 e. The van der Waals surface area contributed by atoms with Gasteiger partial charge in [0.15, 0.2) is 0 Å². The summed E-state index contributed by atoms with van der Waals surface area (Å²) in [5.41, 5.74) is 6.35. The zero-order chi connectivity index (χ0) is 19.4. The Morgan fingerprint density at radius 2 is 1.81 bits per heavy atom. The summed E-state index contributed by atoms with van der Waals surface area (Å²) in [6, 6.07) is 15.5. The highest BCUT2D eigenvalue weighted by Gasteiger charge is 2.16. The van der Waals surface area contributed by atoms with Gasteiger partial charge in [0.05, 0.1) is 16.3 Å². The lowest BCUT2D eigenvalue weighted by Crippen LogP contribution is -2.20. The lowest BCUT2D eigenvalue weighted by Gasteiger charge is -2.03. The molecule has 0 unspecified atom stereocenters. The first kappa shape index (κ1) is 18.0. The summed E-state index contributed by atoms with van der Waals surface area (Å²) in [5.74, 6) is -0.413. The second-order valence-corrected chi connectivity index (χ2v) is 5.88. The van der Waals surface area contributed by atoms with Gasteiger partial charge in [0.1, 0.15) is 5.69 Å². The number of hydrogen-bond donors (Lipinski definition) is 2. The van der Waals surface area contributed by atoms with E-state index in [1.54, 1.807) is 19.1 Å². The van der Waals surface area contributed by atoms with Crippen molar-refractivity contribution in [1.29, 1.82) is 0 Å². The molecule has 136 valence electrons. The molecule has 8 heteroatoms. The van der Waals surface area contributed by atoms with Crippen LogP contribution in [-0.2, 0) is 0 Å². The van der Waals surface area contributed by atoms with Gasteiger partial charge >= 0.3 is 0 Å². The van der Waals surface area contributed by atoms with Crippen molar-refractivity contribution in [2.75, 3.05) is 0 Å². The molecule has 0 aliphatic rings. The third-order valence-corrected chi connectivity index (χ3v) is 4.11. The van der Waals surface area contributed by atoms with Crippen molar-refractivity contribution in [3.05, 3.63) is 81.5 Å². The van der Waals surface area contributed by atoms with E-state index in [0.29, 0.717) is 22.7 Å². The molecule has 0 saturated carbocycles. The summed E-state index contributed by atoms with van der Waals surface area (Å²) >= 11 is 0. The second kappa shape index (κ2) is 7.61. The van der Waals surface area contributed by atoms with Crippen LogP contribution >= 0.6 is 0 Å². The van der Waals surface area contributed by atoms with Crippen molar-refractivity contribution < 1.29 is 9.72 Å². The van der Waals surface area contributed by atoms with Crippen molar-refractivity contribution in [3.63, 3.8) is 0 Å². The number of nitrogens with one attached hydrogen (secondary N) is 2. The van der Waals surface area contributed by atoms with Gasteiger partial charge in [-0.2, -0.15) is 10.2 Å². The largest absolute Gasteiger partial charge is 0.289 e. The number of nitro benzene ring substituents is 1. The summed E-state index contributed by atoms with van der Waals surface area (Å²) in [6.45, 7) is 3.52. The summed E-state index contributed by atoms with van der Waals surface area (Å²) in [5, 5.41) is 21.7. The SMILES string of the molecule is C/C(=N\NC(=O)c1[nH]nc(-c2ccccc2)c1C)c1ccc([N+](=O)[O-])cc1. The number of aromatic nitrogens is 2. The number of benzene rings is 2. The maximum absolute atomic E-state index is 12.4. The van der Waals surface area contributed by atoms with E-state index in [9.17, 15) is 14.9 Å². The summed E-state index contributed by atoms with van der Waals surface area (Å²) in [7, 11) is 0. The second-order valence-electron chi connectivity index (χ2n) is 5.88. The number of nitrogens with zero attached hydrogens (tertiary/aromatic N) is 3. The normalized spacial score (nSPS) is 11.3. The van der Waals surface area contributed by atoms with E-state index in [4.69, 9.17) is 0 Å². The number of carbonyl (C=O) groups is 1. The van der Waals surface area contributed by atoms with E-state index >= 15 is 0 Å². The standard InChI is InChI=1S/C19H17N5O3/c1-12-17(15-6-4-3-5-7-15)21-22-18(12)19(25)23-20-13(2)14-8-10-16(11-9-14)24(26)27/h3-11H,1-2H3,(H,21,22)(H,23,25)/b20-13+. The number of nitro groups is 1. The number of carbonyl (C=O) groups excluding carboxylic acids is 1. The minimum Gasteiger partial charge on any atom is -0.272 e. The van der Waals surface area contributed by atoms with E-state index in [-0.39, 0.29) is 5.69 Å². The van der Waals surface area contributed by atoms with Crippen molar-refractivity contribution in [2.24, 2.45) is 5.10 Å². The van der Waals surface area contributed by atoms with Gasteiger partial charge < -0.3 is 0 Å². The Morgan fingerprint density at radius 1 is 1.15 bits per heavy atom. The van der Waals surface area contributed by atoms with E-state index in [1.807, 2.05) is 37.3 Å². The Balaban J connectivity index is 1.75. The third kappa shape index (κ3) is 3.90. The highest BCUT2D eigenvalue weighted by Crippen LogP contribution is 2.22. The molecule has 1 heterocycles. The first-order valence-electron chi connectivity index (χ1n) is 8.17. The monoisotopic (exact) mass is 363 g/mol. The number of non-ortho nitro benzene ring substituents is 1. The highest BCUT2D eigenvalue weighted by atomic mass is 16.6. The molecule has 2 N–H and O–H groups in total. The fourth-order valence-electron chi connectivity index (χ4n) is 2.58. The molecule has 0 saturated heterocycles. The number of hydrazone groups is 1. The Morgan fingerprint density at radius 3 is 2.44 bits per heavy atom. The molecule has 0 aliphatic carbocycles. The van der Waals surface area contributed by atoms with Crippen LogP contribution in [0.2, 0.25) is 0 Å². The fourth-order valence-corrected chi connectivity index (χ4v) is 2.58. The third-order valence-electron chi connectivity index (χ3n) is 4.11. The van der Waals surface area contributed by atoms with Gasteiger partial charge in [-0.3, -0.25) is 20.0 Å². The van der Waals surface area contributed by atoms with Crippen LogP contribution in [0, 0.1) is 17.0 Å². The summed E-state index contributed by atoms with van der Waals surface area (Å²) in [6.07, 6.45) is 0. The minimum atomic E-state index is -0.469. The Hall–Kier alpha value is -3.81. The topological polar surface area (TPSA) is 113 Å². The van der Waals surface area contributed by atoms with Gasteiger partial charge in [-0.15, -0.1) is 0 Å². The van der Waals surface area contributed by atoms with Crippen LogP contribution in [0.3, 0.4) is 0 Å². The average Bonchev–Trinajstić information content (AvgIpc) is 3.08. The number of hydrogen-bond acceptors (Lipinski definition) is 5. The van der Waals surface area contributed by atoms with E-state index in [0.717, 1.165) is 11.1 Å². The van der Waals surface area contributed by atoms with Crippen LogP contribution in [0.15, 0.2) is 59.7 Å². The Bertz CT molecular complexity index is 1010. The average molecular weight is 363 g/mol. The number of H-pyrrole nitrogens is 1. The van der Waals surface area contributed by atoms with Crippen molar-refractivity contribution in [3.8, 4) is 11.3 Å². The number of aromatic amines is 1. The minimum absolute atomic E-state index is 0.00267. The molecule has 8 nitrogen and oxygen atoms in total. The molecule has 3 aromatic rings. The van der Waals surface area contributed by atoms with Gasteiger partial charge in [-0.05, 0) is 31.5 Å². The molecule has 0 spiro atoms. The molecule has 3 rings (SSSR count). The first-order chi connectivity index (χ1) is 13.0. The summed E-state index contributed by atoms with van der Waals surface area (Å²) < 4.78 is 0. The molecule has 27 heavy (non-hydrogen) atoms. The summed E-state index contributed by atoms with van der Waals surface area (Å²) in [4.78, 5) is 22.6. The molecule has 0 aliphatic heterocycles. The number of amides is 1. The number of rotatable bonds is 5. The molecule has 1 amide bonds. The lowest BCUT2D eigenvalue weighted by atomic mass is 10.1. The van der Waals surface area contributed by atoms with E-state index < -0.39 is 10.8 Å². The van der Waals surface area contributed by atoms with Crippen LogP contribution in [0.4, 0.5) is 5.69 Å². The molecule has 0 bridgehead atoms. The maximum atomic E-state index is 12.4. The zero-order valence-corrected chi connectivity index (χ0v) is 14.8. The van der Waals surface area contributed by atoms with Crippen LogP contribution in [0.5, 0.6) is 0 Å². The van der Waals surface area contributed by atoms with E-state index in [1.165, 1.54) is 12.1 Å². The van der Waals surface area contributed by atoms with Gasteiger partial charge in [-0.25, -0.2) is 5.43 Å². The van der Waals surface area contributed by atoms with Crippen LogP contribution < -0.4 is 5.43 Å². The molecule has 0 fully saturated rings. The molecular weight excluding hydrogens is 346 g/mol. The van der Waals surface area contributed by atoms with Gasteiger partial charge in [-0.1, -0.05) is 30.3 Å². The fraction of sp³-hybridized carbons (Fsp3) is 0.105. The van der Waals surface area contributed by atoms with Crippen LogP contribution in [0.25, 0.3) is 11.3 Å². The molecule has 0 atom stereocenters. The van der Waals surface area contributed by atoms with Gasteiger partial charge in [0.2, 0.25) is 0 Å². The quantitative estimate of drug-likeness (QED) is 0.410. The van der Waals surface area contributed by atoms with Gasteiger partial charge in [0, 0.05) is 23.3 Å². The maximum Gasteiger partial charge on any atom is 0.289 e. The van der Waals surface area contributed by atoms with Gasteiger partial charge in [0.25, 0.3) is 11.6 Å². The lowest BCUT2D eigenvalue weighted by molar-refractivity contribution is -0.384. The Kier molecular flexibility index (Phi) is 5.07. The first-order valence-corrected chi connectivity index (χ1v) is 8.17. The van der Waals surface area contributed by atoms with Crippen molar-refractivity contribution in [1.82, 2.24) is 15.6 Å². The van der Waals surface area contributed by atoms with Crippen molar-refractivity contribution in [2.45, 2.75) is 13.8 Å². The van der Waals surface area contributed by atoms with Crippen molar-refractivity contribution >= 4 is 17.3 Å². The van der Waals surface area contributed by atoms with Crippen LogP contribution in [0.1, 0.15) is 28.5 Å². The predicted octanol–water partition coefficient (Wildman–Crippen LogP) is 3.45.